The SMILES string of the molecule is CC1(C)OB(c2ccc(C(c3ccccc3)c3ccccc3)cc2)OC1(C)C.O=c1c2ccc(-c3ccc(N(c4ccccc4)c4ccccc4)cc3)cc2oc2cc(-c3ccc(N(c4ccccc4)c4ccccc4)cc3)ccc12.O=c1c2ccc(Br)cc2oc2cc(Br)ccc12. The molecule has 98 heavy (non-hydrogen) atoms. The number of benzene rings is 13. The molecule has 3 heterocycles. The molecule has 0 spiro atoms. The highest BCUT2D eigenvalue weighted by Crippen LogP contribution is 2.40. The molecule has 0 N–H and O–H groups in total. The molecule has 1 aliphatic heterocycles. The van der Waals surface area contributed by atoms with E-state index in [9.17, 15) is 9.59 Å². The summed E-state index contributed by atoms with van der Waals surface area (Å²) in [7, 11) is -0.328. The zero-order valence-corrected chi connectivity index (χ0v) is 57.6. The molecule has 0 atom stereocenters. The second kappa shape index (κ2) is 28.2. The van der Waals surface area contributed by atoms with Gasteiger partial charge >= 0.3 is 7.12 Å². The molecule has 0 radical (unpaired) electrons. The van der Waals surface area contributed by atoms with Gasteiger partial charge in [0.25, 0.3) is 0 Å². The van der Waals surface area contributed by atoms with Gasteiger partial charge in [-0.3, -0.25) is 9.59 Å². The zero-order valence-electron chi connectivity index (χ0n) is 54.4. The van der Waals surface area contributed by atoms with Gasteiger partial charge in [0, 0.05) is 49.0 Å². The first-order chi connectivity index (χ1) is 47.7. The van der Waals surface area contributed by atoms with Crippen molar-refractivity contribution in [2.45, 2.75) is 44.8 Å². The third-order valence-corrected chi connectivity index (χ3v) is 19.3. The highest BCUT2D eigenvalue weighted by atomic mass is 79.9. The van der Waals surface area contributed by atoms with E-state index in [2.05, 4.69) is 300 Å². The molecule has 16 rings (SSSR count). The van der Waals surface area contributed by atoms with Crippen LogP contribution in [-0.2, 0) is 9.31 Å². The molecule has 2 aromatic heterocycles. The minimum Gasteiger partial charge on any atom is -0.456 e. The smallest absolute Gasteiger partial charge is 0.456 e. The number of hydrogen-bond donors (Lipinski definition) is 0. The molecule has 1 saturated heterocycles. The molecule has 0 bridgehead atoms. The highest BCUT2D eigenvalue weighted by molar-refractivity contribution is 9.10. The van der Waals surface area contributed by atoms with Crippen LogP contribution >= 0.6 is 31.9 Å². The summed E-state index contributed by atoms with van der Waals surface area (Å²) >= 11 is 6.73. The molecule has 478 valence electrons. The van der Waals surface area contributed by atoms with E-state index in [-0.39, 0.29) is 35.1 Å². The van der Waals surface area contributed by atoms with Crippen LogP contribution in [0.15, 0.2) is 355 Å². The summed E-state index contributed by atoms with van der Waals surface area (Å²) < 4.78 is 26.4. The number of halogens is 2. The van der Waals surface area contributed by atoms with Gasteiger partial charge in [-0.2, -0.15) is 0 Å². The lowest BCUT2D eigenvalue weighted by Gasteiger charge is -2.32. The van der Waals surface area contributed by atoms with Crippen LogP contribution in [0.25, 0.3) is 66.1 Å². The molecule has 13 aromatic carbocycles. The number of hydrogen-bond acceptors (Lipinski definition) is 8. The van der Waals surface area contributed by atoms with Crippen molar-refractivity contribution in [1.29, 1.82) is 0 Å². The molecule has 0 aliphatic carbocycles. The normalized spacial score (nSPS) is 13.0. The van der Waals surface area contributed by atoms with Crippen LogP contribution in [0, 0.1) is 0 Å². The summed E-state index contributed by atoms with van der Waals surface area (Å²) in [6.45, 7) is 8.34. The Morgan fingerprint density at radius 1 is 0.306 bits per heavy atom. The Balaban J connectivity index is 0.000000150. The van der Waals surface area contributed by atoms with E-state index in [1.165, 1.54) is 16.7 Å². The van der Waals surface area contributed by atoms with Gasteiger partial charge in [0.2, 0.25) is 10.9 Å². The highest BCUT2D eigenvalue weighted by Gasteiger charge is 2.51. The largest absolute Gasteiger partial charge is 0.494 e. The first-order valence-corrected chi connectivity index (χ1v) is 34.2. The van der Waals surface area contributed by atoms with Crippen molar-refractivity contribution >= 4 is 122 Å². The van der Waals surface area contributed by atoms with E-state index in [0.717, 1.165) is 70.8 Å². The Bertz CT molecular complexity index is 5010. The predicted octanol–water partition coefficient (Wildman–Crippen LogP) is 22.9. The van der Waals surface area contributed by atoms with Crippen LogP contribution < -0.4 is 26.1 Å². The van der Waals surface area contributed by atoms with Crippen LogP contribution in [0.3, 0.4) is 0 Å². The molecular formula is C87H67BBr2N2O6. The third kappa shape index (κ3) is 13.7. The summed E-state index contributed by atoms with van der Waals surface area (Å²) in [5, 5.41) is 2.33. The maximum Gasteiger partial charge on any atom is 0.494 e. The van der Waals surface area contributed by atoms with Gasteiger partial charge in [0.05, 0.1) is 32.7 Å². The van der Waals surface area contributed by atoms with E-state index in [0.29, 0.717) is 43.9 Å². The maximum atomic E-state index is 13.7. The van der Waals surface area contributed by atoms with E-state index in [1.807, 2.05) is 72.8 Å². The van der Waals surface area contributed by atoms with Crippen molar-refractivity contribution in [3.8, 4) is 22.3 Å². The van der Waals surface area contributed by atoms with E-state index < -0.39 is 0 Å². The van der Waals surface area contributed by atoms with Crippen LogP contribution in [0.2, 0.25) is 0 Å². The summed E-state index contributed by atoms with van der Waals surface area (Å²) in [6.07, 6.45) is 0. The molecule has 0 unspecified atom stereocenters. The molecule has 0 amide bonds. The van der Waals surface area contributed by atoms with Crippen molar-refractivity contribution in [2.24, 2.45) is 0 Å². The van der Waals surface area contributed by atoms with Crippen molar-refractivity contribution in [2.75, 3.05) is 9.80 Å². The predicted molar refractivity (Wildman–Crippen MR) is 412 cm³/mol. The first-order valence-electron chi connectivity index (χ1n) is 32.6. The number of para-hydroxylation sites is 4. The summed E-state index contributed by atoms with van der Waals surface area (Å²) in [5.74, 6) is 0.203. The van der Waals surface area contributed by atoms with Gasteiger partial charge in [-0.05, 0) is 206 Å². The summed E-state index contributed by atoms with van der Waals surface area (Å²) in [4.78, 5) is 30.4. The summed E-state index contributed by atoms with van der Waals surface area (Å²) in [6, 6.07) is 111. The van der Waals surface area contributed by atoms with Crippen LogP contribution in [0.1, 0.15) is 50.3 Å². The van der Waals surface area contributed by atoms with E-state index in [4.69, 9.17) is 18.1 Å². The fraction of sp³-hybridized carbons (Fsp3) is 0.0805. The maximum absolute atomic E-state index is 13.7. The molecule has 11 heteroatoms. The van der Waals surface area contributed by atoms with Gasteiger partial charge in [0.1, 0.15) is 22.3 Å². The Labute approximate surface area is 587 Å². The standard InChI is InChI=1S/C49H34N2O2.C25H27BO2.C13H6Br2O2/c52-49-45-31-25-37(35-21-27-43(28-22-35)50(39-13-5-1-6-14-39)40-15-7-2-8-16-40)33-47(45)53-48-34-38(26-32-46(48)49)36-23-29-44(30-24-36)51(41-17-9-3-10-18-41)42-19-11-4-12-20-42;1-24(2)25(3,4)28-26(27-24)22-17-15-21(16-18-22)23(19-11-7-5-8-12-19)20-13-9-6-10-14-20;14-7-1-3-9-11(5-7)17-12-6-8(15)2-4-10(12)13(9)16/h1-34H;5-18,23H,1-4H3;1-6H. The fourth-order valence-corrected chi connectivity index (χ4v) is 13.2. The fourth-order valence-electron chi connectivity index (χ4n) is 12.5. The lowest BCUT2D eigenvalue weighted by atomic mass is 9.77. The molecular weight excluding hydrogens is 1340 g/mol. The molecule has 15 aromatic rings. The molecule has 1 aliphatic rings. The van der Waals surface area contributed by atoms with Crippen LogP contribution in [0.4, 0.5) is 34.1 Å². The number of rotatable bonds is 12. The van der Waals surface area contributed by atoms with Crippen LogP contribution in [0.5, 0.6) is 0 Å². The Morgan fingerprint density at radius 3 is 0.918 bits per heavy atom. The zero-order chi connectivity index (χ0) is 67.3. The quantitative estimate of drug-likeness (QED) is 0.0679. The first kappa shape index (κ1) is 64.7. The Morgan fingerprint density at radius 2 is 0.582 bits per heavy atom. The molecule has 8 nitrogen and oxygen atoms in total. The number of nitrogens with zero attached hydrogens (tertiary/aromatic N) is 2. The monoisotopic (exact) mass is 1400 g/mol. The van der Waals surface area contributed by atoms with Crippen LogP contribution in [-0.4, -0.2) is 18.3 Å². The Kier molecular flexibility index (Phi) is 18.6. The van der Waals surface area contributed by atoms with Crippen molar-refractivity contribution < 1.29 is 18.1 Å². The van der Waals surface area contributed by atoms with Crippen molar-refractivity contribution in [3.05, 3.63) is 374 Å². The van der Waals surface area contributed by atoms with Crippen molar-refractivity contribution in [3.63, 3.8) is 0 Å². The van der Waals surface area contributed by atoms with Gasteiger partial charge in [0.15, 0.2) is 0 Å². The van der Waals surface area contributed by atoms with Crippen molar-refractivity contribution in [1.82, 2.24) is 0 Å². The van der Waals surface area contributed by atoms with Gasteiger partial charge in [-0.1, -0.05) is 226 Å². The van der Waals surface area contributed by atoms with Gasteiger partial charge < -0.3 is 27.9 Å². The third-order valence-electron chi connectivity index (χ3n) is 18.3. The van der Waals surface area contributed by atoms with Gasteiger partial charge in [-0.15, -0.1) is 0 Å². The summed E-state index contributed by atoms with van der Waals surface area (Å²) in [5.41, 5.74) is 17.0. The number of anilines is 6. The van der Waals surface area contributed by atoms with E-state index in [1.54, 1.807) is 24.3 Å². The molecule has 1 fully saturated rings. The lowest BCUT2D eigenvalue weighted by Crippen LogP contribution is -2.41. The van der Waals surface area contributed by atoms with Gasteiger partial charge in [-0.25, -0.2) is 0 Å². The second-order valence-electron chi connectivity index (χ2n) is 25.2. The topological polar surface area (TPSA) is 85.4 Å². The number of fused-ring (bicyclic) bond motifs is 4. The Hall–Kier alpha value is -10.7. The molecule has 0 saturated carbocycles. The van der Waals surface area contributed by atoms with E-state index >= 15 is 0 Å². The average Bonchev–Trinajstić information content (AvgIpc) is 0.911. The second-order valence-corrected chi connectivity index (χ2v) is 27.0. The minimum atomic E-state index is -0.328. The lowest BCUT2D eigenvalue weighted by molar-refractivity contribution is 0.00578. The average molecular weight is 1410 g/mol. The minimum absolute atomic E-state index is 0.00116.